The number of nitrogens with zero attached hydrogens (tertiary/aromatic N) is 3. The topological polar surface area (TPSA) is 99.4 Å². The quantitative estimate of drug-likeness (QED) is 0.516. The molecule has 26 heavy (non-hydrogen) atoms. The monoisotopic (exact) mass is 352 g/mol. The molecule has 3 aromatic heterocycles. The van der Waals surface area contributed by atoms with Crippen molar-refractivity contribution in [1.82, 2.24) is 30.5 Å². The molecule has 7 nitrogen and oxygen atoms in total. The molecular formula is C18H17FN6O. The van der Waals surface area contributed by atoms with Crippen molar-refractivity contribution in [3.05, 3.63) is 42.0 Å². The summed E-state index contributed by atoms with van der Waals surface area (Å²) in [5, 5.41) is 10.7. The number of nitrogens with one attached hydrogen (secondary N) is 3. The highest BCUT2D eigenvalue weighted by Gasteiger charge is 2.20. The van der Waals surface area contributed by atoms with E-state index in [2.05, 4.69) is 30.5 Å². The Balaban J connectivity index is 1.82. The van der Waals surface area contributed by atoms with Crippen molar-refractivity contribution in [2.75, 3.05) is 0 Å². The van der Waals surface area contributed by atoms with E-state index < -0.39 is 0 Å². The first-order valence-electron chi connectivity index (χ1n) is 8.12. The Kier molecular flexibility index (Phi) is 3.50. The van der Waals surface area contributed by atoms with E-state index in [4.69, 9.17) is 0 Å². The minimum absolute atomic E-state index is 0.232. The smallest absolute Gasteiger partial charge is 0.255 e. The molecule has 0 aliphatic carbocycles. The standard InChI is InChI=1S/C18H17FN6O/c1-18(2,3)23-17(26)11-7-20-16-15(11)22-13(8-21-16)14-10-5-4-9(19)6-12(10)24-25-14/h4-8H,1-3H3,(H,20,21)(H,23,26)(H,24,25). The fourth-order valence-electron chi connectivity index (χ4n) is 2.77. The summed E-state index contributed by atoms with van der Waals surface area (Å²) in [5.41, 5.74) is 2.64. The zero-order valence-corrected chi connectivity index (χ0v) is 14.5. The molecule has 4 rings (SSSR count). The number of aromatic nitrogens is 5. The number of halogens is 1. The number of amides is 1. The van der Waals surface area contributed by atoms with E-state index in [0.717, 1.165) is 5.39 Å². The molecule has 3 heterocycles. The highest BCUT2D eigenvalue weighted by atomic mass is 19.1. The Hall–Kier alpha value is -3.29. The van der Waals surface area contributed by atoms with Crippen LogP contribution in [0.25, 0.3) is 33.5 Å². The van der Waals surface area contributed by atoms with Crippen LogP contribution < -0.4 is 5.32 Å². The molecule has 0 bridgehead atoms. The van der Waals surface area contributed by atoms with Crippen molar-refractivity contribution in [3.63, 3.8) is 0 Å². The Morgan fingerprint density at radius 2 is 2.08 bits per heavy atom. The number of rotatable bonds is 2. The van der Waals surface area contributed by atoms with Crippen LogP contribution in [0.4, 0.5) is 4.39 Å². The molecule has 0 fully saturated rings. The molecular weight excluding hydrogens is 335 g/mol. The van der Waals surface area contributed by atoms with Crippen LogP contribution in [0.3, 0.4) is 0 Å². The number of fused-ring (bicyclic) bond motifs is 2. The molecule has 1 aromatic carbocycles. The van der Waals surface area contributed by atoms with Gasteiger partial charge in [-0.1, -0.05) is 0 Å². The summed E-state index contributed by atoms with van der Waals surface area (Å²) in [4.78, 5) is 24.4. The molecule has 8 heteroatoms. The highest BCUT2D eigenvalue weighted by molar-refractivity contribution is 6.05. The maximum Gasteiger partial charge on any atom is 0.255 e. The van der Waals surface area contributed by atoms with Gasteiger partial charge in [0.1, 0.15) is 22.7 Å². The summed E-state index contributed by atoms with van der Waals surface area (Å²) < 4.78 is 13.4. The van der Waals surface area contributed by atoms with Gasteiger partial charge in [0, 0.05) is 17.1 Å². The minimum atomic E-state index is -0.367. The van der Waals surface area contributed by atoms with E-state index in [1.165, 1.54) is 12.1 Å². The van der Waals surface area contributed by atoms with Gasteiger partial charge in [-0.25, -0.2) is 14.4 Å². The third kappa shape index (κ3) is 2.79. The van der Waals surface area contributed by atoms with Crippen molar-refractivity contribution in [3.8, 4) is 11.4 Å². The van der Waals surface area contributed by atoms with Crippen LogP contribution in [-0.2, 0) is 0 Å². The van der Waals surface area contributed by atoms with Gasteiger partial charge < -0.3 is 10.3 Å². The van der Waals surface area contributed by atoms with Crippen molar-refractivity contribution in [2.24, 2.45) is 0 Å². The van der Waals surface area contributed by atoms with E-state index in [0.29, 0.717) is 33.6 Å². The van der Waals surface area contributed by atoms with E-state index in [-0.39, 0.29) is 17.3 Å². The highest BCUT2D eigenvalue weighted by Crippen LogP contribution is 2.26. The number of carbonyl (C=O) groups is 1. The Morgan fingerprint density at radius 1 is 1.27 bits per heavy atom. The van der Waals surface area contributed by atoms with Gasteiger partial charge >= 0.3 is 0 Å². The van der Waals surface area contributed by atoms with Crippen LogP contribution in [0, 0.1) is 5.82 Å². The lowest BCUT2D eigenvalue weighted by atomic mass is 10.1. The molecule has 0 saturated carbocycles. The molecule has 0 unspecified atom stereocenters. The Morgan fingerprint density at radius 3 is 2.85 bits per heavy atom. The number of hydrogen-bond acceptors (Lipinski definition) is 4. The van der Waals surface area contributed by atoms with Gasteiger partial charge in [0.2, 0.25) is 0 Å². The number of hydrogen-bond donors (Lipinski definition) is 3. The van der Waals surface area contributed by atoms with E-state index in [9.17, 15) is 9.18 Å². The van der Waals surface area contributed by atoms with Gasteiger partial charge in [0.25, 0.3) is 5.91 Å². The van der Waals surface area contributed by atoms with Crippen molar-refractivity contribution >= 4 is 28.0 Å². The van der Waals surface area contributed by atoms with Crippen molar-refractivity contribution in [2.45, 2.75) is 26.3 Å². The van der Waals surface area contributed by atoms with E-state index in [1.54, 1.807) is 18.5 Å². The summed E-state index contributed by atoms with van der Waals surface area (Å²) in [6.07, 6.45) is 3.16. The third-order valence-corrected chi connectivity index (χ3v) is 3.88. The third-order valence-electron chi connectivity index (χ3n) is 3.88. The average Bonchev–Trinajstić information content (AvgIpc) is 3.15. The normalized spacial score (nSPS) is 12.0. The van der Waals surface area contributed by atoms with E-state index in [1.807, 2.05) is 20.8 Å². The second kappa shape index (κ2) is 5.62. The fourth-order valence-corrected chi connectivity index (χ4v) is 2.77. The average molecular weight is 352 g/mol. The summed E-state index contributed by atoms with van der Waals surface area (Å²) in [6, 6.07) is 4.38. The zero-order valence-electron chi connectivity index (χ0n) is 14.5. The second-order valence-corrected chi connectivity index (χ2v) is 7.12. The van der Waals surface area contributed by atoms with Gasteiger partial charge in [-0.3, -0.25) is 9.89 Å². The molecule has 0 spiro atoms. The van der Waals surface area contributed by atoms with Crippen LogP contribution in [-0.4, -0.2) is 36.6 Å². The molecule has 0 atom stereocenters. The number of H-pyrrole nitrogens is 2. The lowest BCUT2D eigenvalue weighted by Gasteiger charge is -2.19. The van der Waals surface area contributed by atoms with Crippen molar-refractivity contribution < 1.29 is 9.18 Å². The first-order valence-corrected chi connectivity index (χ1v) is 8.12. The van der Waals surface area contributed by atoms with Crippen LogP contribution in [0.15, 0.2) is 30.6 Å². The minimum Gasteiger partial charge on any atom is -0.347 e. The summed E-state index contributed by atoms with van der Waals surface area (Å²) in [5.74, 6) is -0.579. The lowest BCUT2D eigenvalue weighted by Crippen LogP contribution is -2.40. The first kappa shape index (κ1) is 16.2. The molecule has 0 saturated heterocycles. The zero-order chi connectivity index (χ0) is 18.5. The van der Waals surface area contributed by atoms with Crippen molar-refractivity contribution in [1.29, 1.82) is 0 Å². The fraction of sp³-hybridized carbons (Fsp3) is 0.222. The van der Waals surface area contributed by atoms with Gasteiger partial charge in [0.05, 0.1) is 17.3 Å². The number of aromatic amines is 2. The SMILES string of the molecule is CC(C)(C)NC(=O)c1c[nH]c2ncc(-c3n[nH]c4cc(F)ccc34)nc12. The first-order chi connectivity index (χ1) is 12.3. The van der Waals surface area contributed by atoms with Gasteiger partial charge in [-0.2, -0.15) is 5.10 Å². The van der Waals surface area contributed by atoms with Crippen LogP contribution >= 0.6 is 0 Å². The predicted octanol–water partition coefficient (Wildman–Crippen LogP) is 3.17. The lowest BCUT2D eigenvalue weighted by molar-refractivity contribution is 0.0921. The molecule has 0 radical (unpaired) electrons. The maximum atomic E-state index is 13.4. The summed E-state index contributed by atoms with van der Waals surface area (Å²) in [7, 11) is 0. The molecule has 132 valence electrons. The largest absolute Gasteiger partial charge is 0.347 e. The van der Waals surface area contributed by atoms with Crippen LogP contribution in [0.1, 0.15) is 31.1 Å². The molecule has 1 amide bonds. The van der Waals surface area contributed by atoms with Crippen LogP contribution in [0.2, 0.25) is 0 Å². The van der Waals surface area contributed by atoms with Crippen LogP contribution in [0.5, 0.6) is 0 Å². The number of benzene rings is 1. The van der Waals surface area contributed by atoms with E-state index >= 15 is 0 Å². The molecule has 0 aliphatic heterocycles. The second-order valence-electron chi connectivity index (χ2n) is 7.12. The van der Waals surface area contributed by atoms with Gasteiger partial charge in [-0.15, -0.1) is 0 Å². The number of carbonyl (C=O) groups excluding carboxylic acids is 1. The summed E-state index contributed by atoms with van der Waals surface area (Å²) >= 11 is 0. The Labute approximate surface area is 148 Å². The molecule has 0 aliphatic rings. The molecule has 4 aromatic rings. The van der Waals surface area contributed by atoms with Gasteiger partial charge in [0.15, 0.2) is 5.65 Å². The summed E-state index contributed by atoms with van der Waals surface area (Å²) in [6.45, 7) is 5.73. The maximum absolute atomic E-state index is 13.4. The predicted molar refractivity (Wildman–Crippen MR) is 96.2 cm³/mol. The Bertz CT molecular complexity index is 1140. The van der Waals surface area contributed by atoms with Gasteiger partial charge in [-0.05, 0) is 39.0 Å². The molecule has 3 N–H and O–H groups in total.